The Balaban J connectivity index is 1.92. The Morgan fingerprint density at radius 1 is 1.32 bits per heavy atom. The lowest BCUT2D eigenvalue weighted by Crippen LogP contribution is -2.29. The minimum absolute atomic E-state index is 0.127. The molecule has 9 heteroatoms. The van der Waals surface area contributed by atoms with Gasteiger partial charge < -0.3 is 9.47 Å². The largest absolute Gasteiger partial charge is 0.493 e. The third kappa shape index (κ3) is 4.42. The van der Waals surface area contributed by atoms with Gasteiger partial charge in [0, 0.05) is 6.54 Å². The zero-order valence-electron chi connectivity index (χ0n) is 15.8. The summed E-state index contributed by atoms with van der Waals surface area (Å²) in [5, 5.41) is 9.88. The summed E-state index contributed by atoms with van der Waals surface area (Å²) in [4.78, 5) is 19.5. The van der Waals surface area contributed by atoms with Crippen molar-refractivity contribution in [3.05, 3.63) is 46.3 Å². The first-order chi connectivity index (χ1) is 13.5. The second-order valence-corrected chi connectivity index (χ2v) is 7.83. The summed E-state index contributed by atoms with van der Waals surface area (Å²) in [6.07, 6.45) is 3.48. The molecule has 2 heterocycles. The number of carbonyl (C=O) groups is 1. The SMILES string of the molecule is C=CCN1C(=O)/C(=C\c2ccc(OCC)c(OC)c2)SC1=Nc1nnc(C)s1. The van der Waals surface area contributed by atoms with E-state index in [2.05, 4.69) is 21.8 Å². The maximum Gasteiger partial charge on any atom is 0.267 e. The third-order valence-electron chi connectivity index (χ3n) is 3.69. The Morgan fingerprint density at radius 3 is 2.79 bits per heavy atom. The molecule has 0 radical (unpaired) electrons. The van der Waals surface area contributed by atoms with Crippen LogP contribution in [-0.2, 0) is 4.79 Å². The summed E-state index contributed by atoms with van der Waals surface area (Å²) < 4.78 is 10.9. The number of aliphatic imine (C=N–C) groups is 1. The number of hydrogen-bond acceptors (Lipinski definition) is 8. The molecule has 0 saturated carbocycles. The number of aromatic nitrogens is 2. The lowest BCUT2D eigenvalue weighted by atomic mass is 10.2. The van der Waals surface area contributed by atoms with E-state index in [1.165, 1.54) is 23.1 Å². The van der Waals surface area contributed by atoms with Gasteiger partial charge >= 0.3 is 0 Å². The van der Waals surface area contributed by atoms with Crippen molar-refractivity contribution in [2.75, 3.05) is 20.3 Å². The van der Waals surface area contributed by atoms with E-state index >= 15 is 0 Å². The maximum absolute atomic E-state index is 12.8. The van der Waals surface area contributed by atoms with E-state index in [9.17, 15) is 4.79 Å². The molecule has 146 valence electrons. The van der Waals surface area contributed by atoms with Crippen molar-refractivity contribution < 1.29 is 14.3 Å². The maximum atomic E-state index is 12.8. The van der Waals surface area contributed by atoms with Crippen LogP contribution in [0.4, 0.5) is 5.13 Å². The number of thioether (sulfide) groups is 1. The van der Waals surface area contributed by atoms with Crippen LogP contribution in [0.3, 0.4) is 0 Å². The average molecular weight is 417 g/mol. The number of carbonyl (C=O) groups excluding carboxylic acids is 1. The summed E-state index contributed by atoms with van der Waals surface area (Å²) in [6, 6.07) is 5.56. The number of amides is 1. The van der Waals surface area contributed by atoms with E-state index in [1.807, 2.05) is 38.1 Å². The monoisotopic (exact) mass is 416 g/mol. The lowest BCUT2D eigenvalue weighted by Gasteiger charge is -2.11. The first-order valence-electron chi connectivity index (χ1n) is 8.57. The summed E-state index contributed by atoms with van der Waals surface area (Å²) in [6.45, 7) is 8.42. The van der Waals surface area contributed by atoms with E-state index in [4.69, 9.17) is 9.47 Å². The van der Waals surface area contributed by atoms with Gasteiger partial charge in [0.25, 0.3) is 5.91 Å². The Labute approximate surface area is 171 Å². The highest BCUT2D eigenvalue weighted by atomic mass is 32.2. The number of methoxy groups -OCH3 is 1. The fourth-order valence-corrected chi connectivity index (χ4v) is 4.10. The Hall–Kier alpha value is -2.65. The smallest absolute Gasteiger partial charge is 0.267 e. The Bertz CT molecular complexity index is 952. The summed E-state index contributed by atoms with van der Waals surface area (Å²) in [5.74, 6) is 1.16. The molecule has 0 atom stereocenters. The van der Waals surface area contributed by atoms with Gasteiger partial charge in [0.2, 0.25) is 5.13 Å². The summed E-state index contributed by atoms with van der Waals surface area (Å²) >= 11 is 2.68. The van der Waals surface area contributed by atoms with Crippen LogP contribution in [-0.4, -0.2) is 46.4 Å². The number of benzene rings is 1. The van der Waals surface area contributed by atoms with Crippen LogP contribution < -0.4 is 9.47 Å². The van der Waals surface area contributed by atoms with Gasteiger partial charge in [-0.1, -0.05) is 23.5 Å². The highest BCUT2D eigenvalue weighted by molar-refractivity contribution is 8.18. The van der Waals surface area contributed by atoms with Crippen LogP contribution in [0.1, 0.15) is 17.5 Å². The molecule has 1 aromatic heterocycles. The lowest BCUT2D eigenvalue weighted by molar-refractivity contribution is -0.121. The molecular formula is C19H20N4O3S2. The number of hydrogen-bond donors (Lipinski definition) is 0. The highest BCUT2D eigenvalue weighted by Gasteiger charge is 2.33. The summed E-state index contributed by atoms with van der Waals surface area (Å²) in [5.41, 5.74) is 0.836. The standard InChI is InChI=1S/C19H20N4O3S2/c1-5-9-23-17(24)16(28-19(23)20-18-22-21-12(3)27-18)11-13-7-8-14(26-6-2)15(10-13)25-4/h5,7-8,10-11H,1,6,9H2,2-4H3/b16-11+,20-19?. The summed E-state index contributed by atoms with van der Waals surface area (Å²) in [7, 11) is 1.59. The molecule has 1 amide bonds. The number of ether oxygens (including phenoxy) is 2. The van der Waals surface area contributed by atoms with Gasteiger partial charge in [-0.3, -0.25) is 9.69 Å². The quantitative estimate of drug-likeness (QED) is 0.501. The van der Waals surface area contributed by atoms with Gasteiger partial charge in [-0.25, -0.2) is 0 Å². The van der Waals surface area contributed by atoms with E-state index in [0.29, 0.717) is 39.9 Å². The van der Waals surface area contributed by atoms with Crippen LogP contribution in [0, 0.1) is 6.92 Å². The first-order valence-corrected chi connectivity index (χ1v) is 10.2. The van der Waals surface area contributed by atoms with Gasteiger partial charge in [0.05, 0.1) is 18.6 Å². The topological polar surface area (TPSA) is 76.9 Å². The second-order valence-electron chi connectivity index (χ2n) is 5.66. The van der Waals surface area contributed by atoms with Gasteiger partial charge in [-0.2, -0.15) is 4.99 Å². The second kappa shape index (κ2) is 9.03. The van der Waals surface area contributed by atoms with Gasteiger partial charge in [0.1, 0.15) is 5.01 Å². The molecule has 28 heavy (non-hydrogen) atoms. The van der Waals surface area contributed by atoms with Crippen molar-refractivity contribution in [1.82, 2.24) is 15.1 Å². The molecule has 0 aliphatic carbocycles. The molecule has 0 spiro atoms. The van der Waals surface area contributed by atoms with Crippen LogP contribution in [0.15, 0.2) is 40.8 Å². The van der Waals surface area contributed by atoms with Crippen molar-refractivity contribution in [2.24, 2.45) is 4.99 Å². The molecule has 1 aliphatic heterocycles. The van der Waals surface area contributed by atoms with E-state index in [-0.39, 0.29) is 5.91 Å². The highest BCUT2D eigenvalue weighted by Crippen LogP contribution is 2.36. The molecule has 7 nitrogen and oxygen atoms in total. The average Bonchev–Trinajstić information content (AvgIpc) is 3.21. The van der Waals surface area contributed by atoms with Crippen LogP contribution in [0.2, 0.25) is 0 Å². The minimum atomic E-state index is -0.127. The zero-order valence-corrected chi connectivity index (χ0v) is 17.5. The predicted molar refractivity (Wildman–Crippen MR) is 113 cm³/mol. The molecule has 1 aliphatic rings. The molecule has 0 unspecified atom stereocenters. The van der Waals surface area contributed by atoms with Gasteiger partial charge in [-0.15, -0.1) is 16.8 Å². The van der Waals surface area contributed by atoms with Crippen molar-refractivity contribution in [3.8, 4) is 11.5 Å². The fraction of sp³-hybridized carbons (Fsp3) is 0.263. The molecular weight excluding hydrogens is 396 g/mol. The molecule has 2 aromatic rings. The van der Waals surface area contributed by atoms with Crippen molar-refractivity contribution in [3.63, 3.8) is 0 Å². The Kier molecular flexibility index (Phi) is 6.48. The van der Waals surface area contributed by atoms with E-state index in [0.717, 1.165) is 10.6 Å². The minimum Gasteiger partial charge on any atom is -0.493 e. The van der Waals surface area contributed by atoms with Crippen molar-refractivity contribution in [2.45, 2.75) is 13.8 Å². The van der Waals surface area contributed by atoms with E-state index < -0.39 is 0 Å². The molecule has 1 fully saturated rings. The predicted octanol–water partition coefficient (Wildman–Crippen LogP) is 4.04. The molecule has 1 aromatic carbocycles. The normalized spacial score (nSPS) is 16.8. The van der Waals surface area contributed by atoms with Crippen LogP contribution in [0.5, 0.6) is 11.5 Å². The first kappa shape index (κ1) is 20.1. The van der Waals surface area contributed by atoms with Gasteiger partial charge in [-0.05, 0) is 49.4 Å². The molecule has 3 rings (SSSR count). The molecule has 0 N–H and O–H groups in total. The van der Waals surface area contributed by atoms with Crippen molar-refractivity contribution >= 4 is 45.4 Å². The fourth-order valence-electron chi connectivity index (χ4n) is 2.49. The van der Waals surface area contributed by atoms with Gasteiger partial charge in [0.15, 0.2) is 16.7 Å². The van der Waals surface area contributed by atoms with Crippen molar-refractivity contribution in [1.29, 1.82) is 0 Å². The number of aryl methyl sites for hydroxylation is 1. The van der Waals surface area contributed by atoms with E-state index in [1.54, 1.807) is 18.1 Å². The molecule has 1 saturated heterocycles. The Morgan fingerprint density at radius 2 is 2.14 bits per heavy atom. The number of nitrogens with zero attached hydrogens (tertiary/aromatic N) is 4. The van der Waals surface area contributed by atoms with Crippen LogP contribution >= 0.6 is 23.1 Å². The zero-order chi connectivity index (χ0) is 20.1. The number of rotatable bonds is 7. The number of amidine groups is 1. The molecule has 0 bridgehead atoms. The van der Waals surface area contributed by atoms with Crippen LogP contribution in [0.25, 0.3) is 6.08 Å². The third-order valence-corrected chi connectivity index (χ3v) is 5.43.